The van der Waals surface area contributed by atoms with Crippen LogP contribution in [-0.4, -0.2) is 10.6 Å². The van der Waals surface area contributed by atoms with Crippen LogP contribution in [0.25, 0.3) is 0 Å². The number of carbonyl (C=O) groups excluding carboxylic acids is 1. The van der Waals surface area contributed by atoms with E-state index in [0.717, 1.165) is 12.0 Å². The molecule has 0 fully saturated rings. The van der Waals surface area contributed by atoms with Crippen LogP contribution in [0.2, 0.25) is 0 Å². The lowest BCUT2D eigenvalue weighted by Crippen LogP contribution is -2.16. The van der Waals surface area contributed by atoms with Crippen LogP contribution in [0, 0.1) is 5.82 Å². The number of carbonyl (C=O) groups is 1. The topological polar surface area (TPSA) is 17.1 Å². The Kier molecular flexibility index (Phi) is 5.62. The highest BCUT2D eigenvalue weighted by atomic mass is 79.9. The maximum Gasteiger partial charge on any atom is 0.146 e. The second kappa shape index (κ2) is 6.50. The second-order valence-corrected chi connectivity index (χ2v) is 5.60. The van der Waals surface area contributed by atoms with E-state index in [0.29, 0.717) is 17.3 Å². The van der Waals surface area contributed by atoms with E-state index in [9.17, 15) is 9.18 Å². The van der Waals surface area contributed by atoms with Gasteiger partial charge in [-0.3, -0.25) is 4.79 Å². The maximum atomic E-state index is 13.0. The van der Waals surface area contributed by atoms with Gasteiger partial charge in [0.15, 0.2) is 0 Å². The largest absolute Gasteiger partial charge is 0.298 e. The Hall–Kier alpha value is -0.220. The number of ketones is 1. The molecule has 0 saturated heterocycles. The zero-order chi connectivity index (χ0) is 12.1. The molecule has 0 bridgehead atoms. The van der Waals surface area contributed by atoms with E-state index >= 15 is 0 Å². The summed E-state index contributed by atoms with van der Waals surface area (Å²) in [5.74, 6) is -0.0855. The van der Waals surface area contributed by atoms with Gasteiger partial charge < -0.3 is 0 Å². The number of rotatable bonds is 5. The number of alkyl halides is 1. The Morgan fingerprint density at radius 3 is 2.75 bits per heavy atom. The van der Waals surface area contributed by atoms with Crippen LogP contribution in [0.15, 0.2) is 22.7 Å². The first-order valence-corrected chi connectivity index (χ1v) is 6.86. The predicted octanol–water partition coefficient (Wildman–Crippen LogP) is 4.26. The van der Waals surface area contributed by atoms with Gasteiger partial charge in [0, 0.05) is 6.42 Å². The zero-order valence-corrected chi connectivity index (χ0v) is 12.1. The van der Waals surface area contributed by atoms with Crippen LogP contribution in [0.5, 0.6) is 0 Å². The third-order valence-electron chi connectivity index (χ3n) is 2.24. The van der Waals surface area contributed by atoms with Crippen LogP contribution in [-0.2, 0) is 11.2 Å². The van der Waals surface area contributed by atoms with Crippen LogP contribution < -0.4 is 0 Å². The molecule has 0 spiro atoms. The van der Waals surface area contributed by atoms with E-state index in [4.69, 9.17) is 0 Å². The van der Waals surface area contributed by atoms with Gasteiger partial charge in [-0.2, -0.15) is 0 Å². The lowest BCUT2D eigenvalue weighted by atomic mass is 10.1. The Morgan fingerprint density at radius 1 is 1.50 bits per heavy atom. The lowest BCUT2D eigenvalue weighted by Gasteiger charge is -2.08. The average molecular weight is 352 g/mol. The SMILES string of the molecule is CCCC(=O)C(Br)Cc1ccc(F)c(Br)c1. The molecular weight excluding hydrogens is 339 g/mol. The minimum atomic E-state index is -0.283. The minimum absolute atomic E-state index is 0.176. The van der Waals surface area contributed by atoms with Crippen molar-refractivity contribution in [2.24, 2.45) is 0 Å². The van der Waals surface area contributed by atoms with E-state index < -0.39 is 0 Å². The molecule has 0 amide bonds. The fourth-order valence-corrected chi connectivity index (χ4v) is 2.42. The fourth-order valence-electron chi connectivity index (χ4n) is 1.39. The summed E-state index contributed by atoms with van der Waals surface area (Å²) in [6, 6.07) is 4.82. The lowest BCUT2D eigenvalue weighted by molar-refractivity contribution is -0.118. The molecule has 1 atom stereocenters. The molecule has 0 aliphatic rings. The number of halogens is 3. The Balaban J connectivity index is 2.66. The van der Waals surface area contributed by atoms with Crippen molar-refractivity contribution in [1.82, 2.24) is 0 Å². The number of benzene rings is 1. The summed E-state index contributed by atoms with van der Waals surface area (Å²) in [5, 5.41) is 0. The second-order valence-electron chi connectivity index (χ2n) is 3.64. The highest BCUT2D eigenvalue weighted by Crippen LogP contribution is 2.20. The summed E-state index contributed by atoms with van der Waals surface area (Å²) in [6.45, 7) is 1.98. The molecule has 1 aromatic rings. The molecule has 88 valence electrons. The van der Waals surface area contributed by atoms with Crippen molar-refractivity contribution in [3.63, 3.8) is 0 Å². The molecule has 1 nitrogen and oxygen atoms in total. The predicted molar refractivity (Wildman–Crippen MR) is 70.4 cm³/mol. The molecule has 1 aromatic carbocycles. The first-order valence-electron chi connectivity index (χ1n) is 5.15. The average Bonchev–Trinajstić information content (AvgIpc) is 2.24. The van der Waals surface area contributed by atoms with Crippen LogP contribution in [0.4, 0.5) is 4.39 Å². The van der Waals surface area contributed by atoms with Crippen molar-refractivity contribution in [2.45, 2.75) is 31.0 Å². The highest BCUT2D eigenvalue weighted by molar-refractivity contribution is 9.10. The summed E-state index contributed by atoms with van der Waals surface area (Å²) < 4.78 is 13.4. The van der Waals surface area contributed by atoms with Gasteiger partial charge in [-0.05, 0) is 46.5 Å². The van der Waals surface area contributed by atoms with E-state index in [1.165, 1.54) is 6.07 Å². The first-order chi connectivity index (χ1) is 7.54. The zero-order valence-electron chi connectivity index (χ0n) is 8.97. The quantitative estimate of drug-likeness (QED) is 0.724. The third kappa shape index (κ3) is 3.98. The van der Waals surface area contributed by atoms with Gasteiger partial charge in [0.25, 0.3) is 0 Å². The van der Waals surface area contributed by atoms with E-state index in [1.807, 2.05) is 6.92 Å². The van der Waals surface area contributed by atoms with Crippen LogP contribution in [0.3, 0.4) is 0 Å². The van der Waals surface area contributed by atoms with Gasteiger partial charge in [-0.25, -0.2) is 4.39 Å². The van der Waals surface area contributed by atoms with E-state index in [2.05, 4.69) is 31.9 Å². The van der Waals surface area contributed by atoms with Crippen molar-refractivity contribution >= 4 is 37.6 Å². The molecular formula is C12H13Br2FO. The Labute approximate surface area is 112 Å². The van der Waals surface area contributed by atoms with E-state index in [1.54, 1.807) is 12.1 Å². The van der Waals surface area contributed by atoms with Crippen molar-refractivity contribution in [3.05, 3.63) is 34.1 Å². The third-order valence-corrected chi connectivity index (χ3v) is 3.69. The number of Topliss-reactive ketones (excluding diaryl/α,β-unsaturated/α-hetero) is 1. The summed E-state index contributed by atoms with van der Waals surface area (Å²) in [6.07, 6.45) is 2.03. The van der Waals surface area contributed by atoms with Crippen LogP contribution >= 0.6 is 31.9 Å². The summed E-state index contributed by atoms with van der Waals surface area (Å²) in [5.41, 5.74) is 0.944. The molecule has 0 aliphatic carbocycles. The monoisotopic (exact) mass is 350 g/mol. The molecule has 16 heavy (non-hydrogen) atoms. The fraction of sp³-hybridized carbons (Fsp3) is 0.417. The van der Waals surface area contributed by atoms with Crippen molar-refractivity contribution in [1.29, 1.82) is 0 Å². The van der Waals surface area contributed by atoms with Gasteiger partial charge in [0.05, 0.1) is 9.30 Å². The number of hydrogen-bond acceptors (Lipinski definition) is 1. The molecule has 0 aromatic heterocycles. The molecule has 0 radical (unpaired) electrons. The molecule has 0 aliphatic heterocycles. The van der Waals surface area contributed by atoms with Gasteiger partial charge in [0.1, 0.15) is 11.6 Å². The van der Waals surface area contributed by atoms with Crippen molar-refractivity contribution in [3.8, 4) is 0 Å². The highest BCUT2D eigenvalue weighted by Gasteiger charge is 2.14. The van der Waals surface area contributed by atoms with Gasteiger partial charge in [-0.1, -0.05) is 28.9 Å². The van der Waals surface area contributed by atoms with Crippen molar-refractivity contribution < 1.29 is 9.18 Å². The molecule has 0 saturated carbocycles. The van der Waals surface area contributed by atoms with Gasteiger partial charge in [-0.15, -0.1) is 0 Å². The molecule has 4 heteroatoms. The van der Waals surface area contributed by atoms with Gasteiger partial charge in [0.2, 0.25) is 0 Å². The summed E-state index contributed by atoms with van der Waals surface area (Å²) >= 11 is 6.49. The van der Waals surface area contributed by atoms with Crippen molar-refractivity contribution in [2.75, 3.05) is 0 Å². The molecule has 0 heterocycles. The Bertz CT molecular complexity index is 379. The van der Waals surface area contributed by atoms with Crippen LogP contribution in [0.1, 0.15) is 25.3 Å². The van der Waals surface area contributed by atoms with E-state index in [-0.39, 0.29) is 16.4 Å². The molecule has 1 unspecified atom stereocenters. The smallest absolute Gasteiger partial charge is 0.146 e. The minimum Gasteiger partial charge on any atom is -0.298 e. The molecule has 1 rings (SSSR count). The summed E-state index contributed by atoms with van der Waals surface area (Å²) in [4.78, 5) is 11.4. The Morgan fingerprint density at radius 2 is 2.19 bits per heavy atom. The summed E-state index contributed by atoms with van der Waals surface area (Å²) in [7, 11) is 0. The maximum absolute atomic E-state index is 13.0. The standard InChI is InChI=1S/C12H13Br2FO/c1-2-3-12(16)10(14)7-8-4-5-11(15)9(13)6-8/h4-6,10H,2-3,7H2,1H3. The first kappa shape index (κ1) is 13.8. The molecule has 0 N–H and O–H groups in total. The van der Waals surface area contributed by atoms with Gasteiger partial charge >= 0.3 is 0 Å². The normalized spacial score (nSPS) is 12.5. The number of hydrogen-bond donors (Lipinski definition) is 0.